The molecule has 10 heteroatoms. The molecular weight excluding hydrogens is 473 g/mol. The maximum absolute atomic E-state index is 13.2. The Balaban J connectivity index is 1.22. The molecule has 3 aromatic heterocycles. The molecule has 5 aromatic rings. The molecule has 2 aromatic carbocycles. The first kappa shape index (κ1) is 22.8. The molecule has 1 amide bonds. The lowest BCUT2D eigenvalue weighted by Gasteiger charge is -2.26. The topological polar surface area (TPSA) is 97.5 Å². The number of anilines is 1. The number of para-hydroxylation sites is 1. The van der Waals surface area contributed by atoms with Gasteiger partial charge in [-0.3, -0.25) is 4.79 Å². The van der Waals surface area contributed by atoms with Crippen LogP contribution in [-0.2, 0) is 6.54 Å². The second kappa shape index (κ2) is 9.81. The van der Waals surface area contributed by atoms with Gasteiger partial charge < -0.3 is 15.0 Å². The smallest absolute Gasteiger partial charge is 0.270 e. The molecule has 1 aliphatic rings. The highest BCUT2D eigenvalue weighted by molar-refractivity contribution is 5.97. The van der Waals surface area contributed by atoms with E-state index in [9.17, 15) is 9.18 Å². The molecule has 0 radical (unpaired) electrons. The molecule has 0 spiro atoms. The fraction of sp³-hybridized carbons (Fsp3) is 0.222. The number of aromatic nitrogens is 5. The van der Waals surface area contributed by atoms with E-state index in [1.165, 1.54) is 18.5 Å². The van der Waals surface area contributed by atoms with E-state index < -0.39 is 0 Å². The van der Waals surface area contributed by atoms with Gasteiger partial charge in [-0.05, 0) is 48.7 Å². The Hall–Kier alpha value is -4.60. The fourth-order valence-electron chi connectivity index (χ4n) is 4.69. The van der Waals surface area contributed by atoms with Crippen molar-refractivity contribution in [3.05, 3.63) is 90.3 Å². The number of amides is 1. The highest BCUT2D eigenvalue weighted by atomic mass is 19.1. The number of hydrogen-bond donors (Lipinski definition) is 1. The minimum atomic E-state index is -0.326. The quantitative estimate of drug-likeness (QED) is 0.365. The Morgan fingerprint density at radius 3 is 2.86 bits per heavy atom. The van der Waals surface area contributed by atoms with Crippen LogP contribution in [0.25, 0.3) is 16.7 Å². The lowest BCUT2D eigenvalue weighted by molar-refractivity contribution is 0.0945. The van der Waals surface area contributed by atoms with Gasteiger partial charge in [0, 0.05) is 30.7 Å². The molecule has 1 fully saturated rings. The maximum Gasteiger partial charge on any atom is 0.270 e. The van der Waals surface area contributed by atoms with Crippen LogP contribution < -0.4 is 15.0 Å². The first-order valence-electron chi connectivity index (χ1n) is 12.1. The molecule has 1 aliphatic heterocycles. The summed E-state index contributed by atoms with van der Waals surface area (Å²) in [5.74, 6) is 1.44. The standard InChI is InChI=1S/C27H24FN7O2/c28-19-9-7-18(8-10-19)15-30-26(36)23-14-24(21-5-1-2-6-22(21)33-23)37-16-20-4-3-13-34(20)25-11-12-29-27-31-17-32-35(25)27/h1-2,5-12,14,17,20H,3-4,13,15-16H2,(H,30,36)/t20-/m1/s1. The molecule has 0 saturated carbocycles. The summed E-state index contributed by atoms with van der Waals surface area (Å²) >= 11 is 0. The molecule has 0 unspecified atom stereocenters. The molecular formula is C27H24FN7O2. The molecule has 4 heterocycles. The number of halogens is 1. The molecule has 1 saturated heterocycles. The SMILES string of the molecule is O=C(NCc1ccc(F)cc1)c1cc(OC[C@H]2CCCN2c2ccnc3ncnn23)c2ccccc2n1. The van der Waals surface area contributed by atoms with Crippen LogP contribution in [0.5, 0.6) is 5.75 Å². The van der Waals surface area contributed by atoms with Gasteiger partial charge in [0.25, 0.3) is 11.7 Å². The van der Waals surface area contributed by atoms with Gasteiger partial charge in [-0.15, -0.1) is 0 Å². The Bertz CT molecular complexity index is 1570. The van der Waals surface area contributed by atoms with Gasteiger partial charge in [0.15, 0.2) is 0 Å². The van der Waals surface area contributed by atoms with Crippen LogP contribution in [0, 0.1) is 5.82 Å². The summed E-state index contributed by atoms with van der Waals surface area (Å²) in [4.78, 5) is 28.2. The van der Waals surface area contributed by atoms with Gasteiger partial charge >= 0.3 is 0 Å². The minimum Gasteiger partial charge on any atom is -0.491 e. The molecule has 186 valence electrons. The zero-order chi connectivity index (χ0) is 25.2. The lowest BCUT2D eigenvalue weighted by atomic mass is 10.1. The van der Waals surface area contributed by atoms with Crippen molar-refractivity contribution in [3.8, 4) is 5.75 Å². The summed E-state index contributed by atoms with van der Waals surface area (Å²) in [6.07, 6.45) is 5.23. The van der Waals surface area contributed by atoms with Crippen molar-refractivity contribution in [2.75, 3.05) is 18.1 Å². The van der Waals surface area contributed by atoms with Crippen LogP contribution in [0.15, 0.2) is 73.2 Å². The summed E-state index contributed by atoms with van der Waals surface area (Å²) in [5, 5.41) is 8.02. The first-order valence-corrected chi connectivity index (χ1v) is 12.1. The van der Waals surface area contributed by atoms with Crippen molar-refractivity contribution in [2.45, 2.75) is 25.4 Å². The maximum atomic E-state index is 13.2. The third-order valence-electron chi connectivity index (χ3n) is 6.54. The van der Waals surface area contributed by atoms with E-state index in [1.807, 2.05) is 30.3 Å². The first-order chi connectivity index (χ1) is 18.2. The third kappa shape index (κ3) is 4.65. The minimum absolute atomic E-state index is 0.123. The van der Waals surface area contributed by atoms with E-state index in [0.717, 1.165) is 36.2 Å². The van der Waals surface area contributed by atoms with Crippen molar-refractivity contribution in [1.29, 1.82) is 0 Å². The molecule has 0 aliphatic carbocycles. The van der Waals surface area contributed by atoms with Crippen LogP contribution in [-0.4, -0.2) is 49.7 Å². The number of carbonyl (C=O) groups excluding carboxylic acids is 1. The fourth-order valence-corrected chi connectivity index (χ4v) is 4.69. The number of ether oxygens (including phenoxy) is 1. The second-order valence-corrected chi connectivity index (χ2v) is 8.91. The van der Waals surface area contributed by atoms with E-state index >= 15 is 0 Å². The van der Waals surface area contributed by atoms with Crippen LogP contribution in [0.3, 0.4) is 0 Å². The molecule has 9 nitrogen and oxygen atoms in total. The number of benzene rings is 2. The lowest BCUT2D eigenvalue weighted by Crippen LogP contribution is -2.35. The number of rotatable bonds is 7. The molecule has 1 atom stereocenters. The predicted molar refractivity (Wildman–Crippen MR) is 136 cm³/mol. The van der Waals surface area contributed by atoms with Crippen LogP contribution in [0.2, 0.25) is 0 Å². The van der Waals surface area contributed by atoms with Gasteiger partial charge in [-0.25, -0.2) is 14.4 Å². The van der Waals surface area contributed by atoms with Gasteiger partial charge in [0.05, 0.1) is 11.6 Å². The van der Waals surface area contributed by atoms with Crippen LogP contribution >= 0.6 is 0 Å². The molecule has 6 rings (SSSR count). The normalized spacial score (nSPS) is 15.4. The van der Waals surface area contributed by atoms with Crippen LogP contribution in [0.1, 0.15) is 28.9 Å². The monoisotopic (exact) mass is 497 g/mol. The second-order valence-electron chi connectivity index (χ2n) is 8.91. The van der Waals surface area contributed by atoms with E-state index in [0.29, 0.717) is 23.7 Å². The average Bonchev–Trinajstić information content (AvgIpc) is 3.60. The number of hydrogen-bond acceptors (Lipinski definition) is 7. The number of pyridine rings is 1. The molecule has 37 heavy (non-hydrogen) atoms. The number of carbonyl (C=O) groups is 1. The average molecular weight is 498 g/mol. The van der Waals surface area contributed by atoms with Gasteiger partial charge in [0.1, 0.15) is 36.0 Å². The Morgan fingerprint density at radius 2 is 1.97 bits per heavy atom. The number of fused-ring (bicyclic) bond motifs is 2. The van der Waals surface area contributed by atoms with Gasteiger partial charge in [-0.2, -0.15) is 14.6 Å². The highest BCUT2D eigenvalue weighted by Gasteiger charge is 2.28. The Morgan fingerprint density at radius 1 is 1.11 bits per heavy atom. The van der Waals surface area contributed by atoms with E-state index in [2.05, 4.69) is 30.3 Å². The zero-order valence-electron chi connectivity index (χ0n) is 19.9. The van der Waals surface area contributed by atoms with E-state index in [4.69, 9.17) is 4.74 Å². The molecule has 1 N–H and O–H groups in total. The number of nitrogens with one attached hydrogen (secondary N) is 1. The molecule has 0 bridgehead atoms. The Kier molecular flexibility index (Phi) is 6.05. The van der Waals surface area contributed by atoms with Crippen molar-refractivity contribution >= 4 is 28.4 Å². The van der Waals surface area contributed by atoms with Gasteiger partial charge in [0.2, 0.25) is 0 Å². The predicted octanol–water partition coefficient (Wildman–Crippen LogP) is 3.79. The Labute approximate surface area is 211 Å². The zero-order valence-corrected chi connectivity index (χ0v) is 19.9. The van der Waals surface area contributed by atoms with Gasteiger partial charge in [-0.1, -0.05) is 24.3 Å². The summed E-state index contributed by atoms with van der Waals surface area (Å²) < 4.78 is 21.3. The van der Waals surface area contributed by atoms with Crippen molar-refractivity contribution in [2.24, 2.45) is 0 Å². The largest absolute Gasteiger partial charge is 0.491 e. The van der Waals surface area contributed by atoms with E-state index in [-0.39, 0.29) is 30.0 Å². The summed E-state index contributed by atoms with van der Waals surface area (Å²) in [6.45, 7) is 1.58. The van der Waals surface area contributed by atoms with Crippen molar-refractivity contribution in [1.82, 2.24) is 29.9 Å². The van der Waals surface area contributed by atoms with E-state index in [1.54, 1.807) is 28.9 Å². The van der Waals surface area contributed by atoms with Crippen molar-refractivity contribution in [3.63, 3.8) is 0 Å². The van der Waals surface area contributed by atoms with Crippen molar-refractivity contribution < 1.29 is 13.9 Å². The highest BCUT2D eigenvalue weighted by Crippen LogP contribution is 2.29. The third-order valence-corrected chi connectivity index (χ3v) is 6.54. The summed E-state index contributed by atoms with van der Waals surface area (Å²) in [6, 6.07) is 17.4. The van der Waals surface area contributed by atoms with Crippen LogP contribution in [0.4, 0.5) is 10.2 Å². The summed E-state index contributed by atoms with van der Waals surface area (Å²) in [5.41, 5.74) is 1.73. The summed E-state index contributed by atoms with van der Waals surface area (Å²) in [7, 11) is 0. The number of nitrogens with zero attached hydrogens (tertiary/aromatic N) is 6.